The molecule has 3 unspecified atom stereocenters. The number of alkyl halides is 4. The van der Waals surface area contributed by atoms with E-state index in [0.29, 0.717) is 13.1 Å². The molecule has 0 saturated carbocycles. The Hall–Kier alpha value is -2.32. The van der Waals surface area contributed by atoms with Crippen LogP contribution in [0.4, 0.5) is 17.6 Å². The number of rotatable bonds is 9. The smallest absolute Gasteiger partial charge is 0.407 e. The highest BCUT2D eigenvalue weighted by Crippen LogP contribution is 2.45. The third-order valence-corrected chi connectivity index (χ3v) is 8.81. The number of nitrogens with one attached hydrogen (secondary N) is 1. The number of likely N-dealkylation sites (N-methyl/N-ethyl adjacent to an activating group) is 1. The van der Waals surface area contributed by atoms with Crippen LogP contribution in [0.1, 0.15) is 32.3 Å². The van der Waals surface area contributed by atoms with Crippen LogP contribution >= 0.6 is 0 Å². The average Bonchev–Trinajstić information content (AvgIpc) is 2.85. The van der Waals surface area contributed by atoms with Gasteiger partial charge in [0, 0.05) is 38.2 Å². The number of aliphatic hydroxyl groups is 1. The molecule has 0 bridgehead atoms. The molecule has 1 aromatic carbocycles. The molecule has 13 heteroatoms. The van der Waals surface area contributed by atoms with Crippen LogP contribution in [0, 0.1) is 5.92 Å². The Morgan fingerprint density at radius 2 is 1.74 bits per heavy atom. The van der Waals surface area contributed by atoms with Crippen molar-refractivity contribution in [2.24, 2.45) is 5.92 Å². The van der Waals surface area contributed by atoms with E-state index in [1.54, 1.807) is 27.0 Å². The molecule has 0 aromatic heterocycles. The molecule has 0 amide bonds. The van der Waals surface area contributed by atoms with Gasteiger partial charge in [0.15, 0.2) is 0 Å². The predicted molar refractivity (Wildman–Crippen MR) is 138 cm³/mol. The van der Waals surface area contributed by atoms with Gasteiger partial charge in [-0.2, -0.15) is 17.5 Å². The van der Waals surface area contributed by atoms with Crippen LogP contribution in [-0.4, -0.2) is 93.2 Å². The molecule has 1 aliphatic carbocycles. The fraction of sp³-hybridized carbons (Fsp3) is 0.577. The van der Waals surface area contributed by atoms with E-state index >= 15 is 4.39 Å². The lowest BCUT2D eigenvalue weighted by Crippen LogP contribution is -2.54. The van der Waals surface area contributed by atoms with Crippen molar-refractivity contribution < 1.29 is 40.6 Å². The molecule has 8 nitrogen and oxygen atoms in total. The minimum atomic E-state index is -5.14. The first kappa shape index (κ1) is 31.2. The summed E-state index contributed by atoms with van der Waals surface area (Å²) in [7, 11) is -1.75. The van der Waals surface area contributed by atoms with Gasteiger partial charge in [-0.3, -0.25) is 10.1 Å². The van der Waals surface area contributed by atoms with Gasteiger partial charge in [-0.25, -0.2) is 12.8 Å². The Morgan fingerprint density at radius 3 is 2.26 bits per heavy atom. The first-order chi connectivity index (χ1) is 18.1. The zero-order valence-electron chi connectivity index (χ0n) is 22.3. The van der Waals surface area contributed by atoms with Gasteiger partial charge in [0.2, 0.25) is 15.9 Å². The lowest BCUT2D eigenvalue weighted by Gasteiger charge is -2.38. The predicted octanol–water partition coefficient (Wildman–Crippen LogP) is 3.07. The van der Waals surface area contributed by atoms with Gasteiger partial charge >= 0.3 is 12.1 Å². The zero-order chi connectivity index (χ0) is 29.2. The summed E-state index contributed by atoms with van der Waals surface area (Å²) in [6, 6.07) is 3.33. The second-order valence-corrected chi connectivity index (χ2v) is 12.2. The maximum Gasteiger partial charge on any atom is 0.407 e. The molecular formula is C26H35F4N3O5S. The molecule has 1 saturated heterocycles. The van der Waals surface area contributed by atoms with Crippen LogP contribution in [0.2, 0.25) is 0 Å². The quantitative estimate of drug-likeness (QED) is 0.344. The van der Waals surface area contributed by atoms with Crippen molar-refractivity contribution in [2.45, 2.75) is 50.8 Å². The number of esters is 1. The molecule has 1 aromatic rings. The molecule has 1 heterocycles. The number of benzene rings is 1. The highest BCUT2D eigenvalue weighted by atomic mass is 32.2. The number of ether oxygens (including phenoxy) is 1. The van der Waals surface area contributed by atoms with Gasteiger partial charge in [-0.1, -0.05) is 44.2 Å². The minimum Gasteiger partial charge on any atom is -0.468 e. The SMILES string of the molecule is COC(=O)C(CC(C)C)NC(C1=C(S(=O)(=O)N2CCN(C)CC2)C=C(c2ccccc2)C(O)(F)C1)C(F)(F)F. The summed E-state index contributed by atoms with van der Waals surface area (Å²) < 4.78 is 93.0. The third-order valence-electron chi connectivity index (χ3n) is 6.83. The number of carbonyl (C=O) groups excluding carboxylic acids is 1. The average molecular weight is 578 g/mol. The summed E-state index contributed by atoms with van der Waals surface area (Å²) in [6.07, 6.45) is -5.69. The van der Waals surface area contributed by atoms with E-state index in [0.717, 1.165) is 17.5 Å². The van der Waals surface area contributed by atoms with Crippen LogP contribution in [-0.2, 0) is 19.6 Å². The number of hydrogen-bond donors (Lipinski definition) is 2. The van der Waals surface area contributed by atoms with E-state index in [-0.39, 0.29) is 31.0 Å². The topological polar surface area (TPSA) is 99.2 Å². The monoisotopic (exact) mass is 577 g/mol. The normalized spacial score (nSPS) is 23.5. The van der Waals surface area contributed by atoms with Crippen LogP contribution in [0.25, 0.3) is 5.57 Å². The Balaban J connectivity index is 2.25. The Kier molecular flexibility index (Phi) is 9.64. The molecule has 1 fully saturated rings. The number of halogens is 4. The Bertz CT molecular complexity index is 1190. The van der Waals surface area contributed by atoms with Gasteiger partial charge in [0.05, 0.1) is 12.0 Å². The molecular weight excluding hydrogens is 542 g/mol. The second-order valence-electron chi connectivity index (χ2n) is 10.3. The van der Waals surface area contributed by atoms with Crippen molar-refractivity contribution in [3.63, 3.8) is 0 Å². The molecule has 218 valence electrons. The molecule has 2 N–H and O–H groups in total. The highest BCUT2D eigenvalue weighted by molar-refractivity contribution is 7.93. The molecule has 3 rings (SSSR count). The van der Waals surface area contributed by atoms with Crippen LogP contribution in [0.3, 0.4) is 0 Å². The lowest BCUT2D eigenvalue weighted by atomic mass is 9.85. The molecule has 0 radical (unpaired) electrons. The number of piperazine rings is 1. The van der Waals surface area contributed by atoms with Crippen molar-refractivity contribution >= 4 is 21.6 Å². The fourth-order valence-corrected chi connectivity index (χ4v) is 6.49. The van der Waals surface area contributed by atoms with E-state index in [1.807, 2.05) is 4.90 Å². The first-order valence-corrected chi connectivity index (χ1v) is 14.0. The molecule has 2 aliphatic rings. The summed E-state index contributed by atoms with van der Waals surface area (Å²) in [6.45, 7) is 4.13. The summed E-state index contributed by atoms with van der Waals surface area (Å²) >= 11 is 0. The number of hydrogen-bond acceptors (Lipinski definition) is 7. The van der Waals surface area contributed by atoms with E-state index in [1.165, 1.54) is 24.3 Å². The van der Waals surface area contributed by atoms with E-state index in [9.17, 15) is 31.5 Å². The number of nitrogens with zero attached hydrogens (tertiary/aromatic N) is 2. The first-order valence-electron chi connectivity index (χ1n) is 12.6. The molecule has 1 aliphatic heterocycles. The van der Waals surface area contributed by atoms with Crippen molar-refractivity contribution in [3.8, 4) is 0 Å². The van der Waals surface area contributed by atoms with Crippen molar-refractivity contribution in [1.29, 1.82) is 0 Å². The lowest BCUT2D eigenvalue weighted by molar-refractivity contribution is -0.158. The van der Waals surface area contributed by atoms with Gasteiger partial charge in [0.1, 0.15) is 12.1 Å². The maximum atomic E-state index is 15.8. The number of methoxy groups -OCH3 is 1. The van der Waals surface area contributed by atoms with Crippen LogP contribution < -0.4 is 5.32 Å². The maximum absolute atomic E-state index is 15.8. The van der Waals surface area contributed by atoms with Crippen LogP contribution in [0.15, 0.2) is 46.9 Å². The second kappa shape index (κ2) is 12.0. The van der Waals surface area contributed by atoms with Gasteiger partial charge < -0.3 is 14.7 Å². The summed E-state index contributed by atoms with van der Waals surface area (Å²) in [4.78, 5) is 13.5. The third kappa shape index (κ3) is 7.26. The summed E-state index contributed by atoms with van der Waals surface area (Å²) in [5, 5.41) is 13.0. The molecule has 0 spiro atoms. The van der Waals surface area contributed by atoms with Gasteiger partial charge in [0.25, 0.3) is 0 Å². The van der Waals surface area contributed by atoms with Crippen LogP contribution in [0.5, 0.6) is 0 Å². The van der Waals surface area contributed by atoms with Gasteiger partial charge in [-0.15, -0.1) is 0 Å². The van der Waals surface area contributed by atoms with E-state index < -0.39 is 62.6 Å². The largest absolute Gasteiger partial charge is 0.468 e. The highest BCUT2D eigenvalue weighted by Gasteiger charge is 2.51. The van der Waals surface area contributed by atoms with Crippen molar-refractivity contribution in [3.05, 3.63) is 52.4 Å². The summed E-state index contributed by atoms with van der Waals surface area (Å²) in [5.41, 5.74) is -1.26. The van der Waals surface area contributed by atoms with Crippen molar-refractivity contribution in [1.82, 2.24) is 14.5 Å². The van der Waals surface area contributed by atoms with Crippen molar-refractivity contribution in [2.75, 3.05) is 40.3 Å². The number of allylic oxidation sites excluding steroid dienone is 1. The van der Waals surface area contributed by atoms with E-state index in [2.05, 4.69) is 10.1 Å². The Morgan fingerprint density at radius 1 is 1.15 bits per heavy atom. The van der Waals surface area contributed by atoms with E-state index in [4.69, 9.17) is 0 Å². The number of sulfonamides is 1. The molecule has 39 heavy (non-hydrogen) atoms. The minimum absolute atomic E-state index is 0.0201. The fourth-order valence-electron chi connectivity index (χ4n) is 4.78. The molecule has 3 atom stereocenters. The standard InChI is InChI=1S/C26H35F4N3O5S/c1-17(2)14-21(24(34)38-4)31-23(26(28,29)30)19-16-25(27,35)20(18-8-6-5-7-9-18)15-22(19)39(36,37)33-12-10-32(3)11-13-33/h5-9,15,17,21,23,31,35H,10-14,16H2,1-4H3. The number of carbonyl (C=O) groups is 1. The summed E-state index contributed by atoms with van der Waals surface area (Å²) in [5.74, 6) is -4.53. The van der Waals surface area contributed by atoms with Gasteiger partial charge in [-0.05, 0) is 36.6 Å². The zero-order valence-corrected chi connectivity index (χ0v) is 23.2. The Labute approximate surface area is 226 Å².